The maximum atomic E-state index is 5.66. The molecule has 4 aromatic rings. The van der Waals surface area contributed by atoms with Crippen LogP contribution in [-0.2, 0) is 12.8 Å². The molecule has 2 aromatic carbocycles. The van der Waals surface area contributed by atoms with Gasteiger partial charge < -0.3 is 9.47 Å². The minimum Gasteiger partial charge on any atom is -0.454 e. The molecule has 3 heterocycles. The first-order valence-corrected chi connectivity index (χ1v) is 10.2. The molecule has 2 aromatic heterocycles. The summed E-state index contributed by atoms with van der Waals surface area (Å²) in [5.74, 6) is 1.62. The predicted octanol–water partition coefficient (Wildman–Crippen LogP) is 5.00. The summed E-state index contributed by atoms with van der Waals surface area (Å²) in [5, 5.41) is 6.02. The van der Waals surface area contributed by atoms with Crippen molar-refractivity contribution in [1.82, 2.24) is 14.8 Å². The summed E-state index contributed by atoms with van der Waals surface area (Å²) in [4.78, 5) is 5.12. The summed E-state index contributed by atoms with van der Waals surface area (Å²) < 4.78 is 13.2. The van der Waals surface area contributed by atoms with Crippen LogP contribution in [0.4, 0.5) is 0 Å². The Hall–Kier alpha value is -3.34. The Morgan fingerprint density at radius 2 is 1.76 bits per heavy atom. The van der Waals surface area contributed by atoms with Crippen molar-refractivity contribution in [3.8, 4) is 28.3 Å². The summed E-state index contributed by atoms with van der Waals surface area (Å²) in [7, 11) is 0. The van der Waals surface area contributed by atoms with Gasteiger partial charge in [0.2, 0.25) is 6.79 Å². The van der Waals surface area contributed by atoms with Gasteiger partial charge in [-0.2, -0.15) is 5.10 Å². The Bertz CT molecular complexity index is 1240. The van der Waals surface area contributed by atoms with Gasteiger partial charge in [0.25, 0.3) is 0 Å². The van der Waals surface area contributed by atoms with E-state index in [1.165, 1.54) is 29.7 Å². The van der Waals surface area contributed by atoms with E-state index in [0.29, 0.717) is 0 Å². The summed E-state index contributed by atoms with van der Waals surface area (Å²) in [6.45, 7) is 2.36. The van der Waals surface area contributed by atoms with Crippen molar-refractivity contribution in [2.75, 3.05) is 6.79 Å². The molecule has 5 heteroatoms. The number of pyridine rings is 1. The van der Waals surface area contributed by atoms with Gasteiger partial charge in [0.15, 0.2) is 17.1 Å². The highest BCUT2D eigenvalue weighted by molar-refractivity contribution is 5.98. The number of hydrogen-bond acceptors (Lipinski definition) is 4. The molecule has 0 saturated heterocycles. The van der Waals surface area contributed by atoms with Gasteiger partial charge in [0.05, 0.1) is 16.8 Å². The summed E-state index contributed by atoms with van der Waals surface area (Å²) in [5.41, 5.74) is 7.93. The SMILES string of the molecule is Cc1nn(-c2ccccc2)c2nc3c(c(-c4ccc5c(c4)OCO5)c12)CCCC3. The molecule has 0 fully saturated rings. The highest BCUT2D eigenvalue weighted by atomic mass is 16.7. The average molecular weight is 383 g/mol. The summed E-state index contributed by atoms with van der Waals surface area (Å²) in [6, 6.07) is 16.5. The molecule has 0 bridgehead atoms. The highest BCUT2D eigenvalue weighted by Gasteiger charge is 2.25. The zero-order chi connectivity index (χ0) is 19.4. The second-order valence-corrected chi connectivity index (χ2v) is 7.72. The van der Waals surface area contributed by atoms with Crippen molar-refractivity contribution < 1.29 is 9.47 Å². The Kier molecular flexibility index (Phi) is 3.63. The van der Waals surface area contributed by atoms with Crippen molar-refractivity contribution in [3.63, 3.8) is 0 Å². The third-order valence-corrected chi connectivity index (χ3v) is 5.93. The fourth-order valence-corrected chi connectivity index (χ4v) is 4.59. The third kappa shape index (κ3) is 2.54. The Balaban J connectivity index is 1.68. The van der Waals surface area contributed by atoms with E-state index < -0.39 is 0 Å². The molecule has 144 valence electrons. The number of fused-ring (bicyclic) bond motifs is 3. The van der Waals surface area contributed by atoms with Crippen molar-refractivity contribution in [1.29, 1.82) is 0 Å². The van der Waals surface area contributed by atoms with E-state index in [-0.39, 0.29) is 6.79 Å². The van der Waals surface area contributed by atoms with Gasteiger partial charge in [-0.15, -0.1) is 0 Å². The molecule has 29 heavy (non-hydrogen) atoms. The number of aromatic nitrogens is 3. The number of ether oxygens (including phenoxy) is 2. The zero-order valence-corrected chi connectivity index (χ0v) is 16.3. The molecular formula is C24H21N3O2. The summed E-state index contributed by atoms with van der Waals surface area (Å²) in [6.07, 6.45) is 4.45. The van der Waals surface area contributed by atoms with Crippen molar-refractivity contribution in [2.24, 2.45) is 0 Å². The van der Waals surface area contributed by atoms with Gasteiger partial charge >= 0.3 is 0 Å². The number of rotatable bonds is 2. The molecule has 2 aliphatic rings. The van der Waals surface area contributed by atoms with Gasteiger partial charge in [0, 0.05) is 5.69 Å². The van der Waals surface area contributed by atoms with E-state index in [4.69, 9.17) is 19.6 Å². The van der Waals surface area contributed by atoms with E-state index in [1.54, 1.807) is 0 Å². The highest BCUT2D eigenvalue weighted by Crippen LogP contribution is 2.42. The normalized spacial score (nSPS) is 14.9. The average Bonchev–Trinajstić information content (AvgIpc) is 3.37. The largest absolute Gasteiger partial charge is 0.454 e. The van der Waals surface area contributed by atoms with Crippen LogP contribution in [-0.4, -0.2) is 21.6 Å². The maximum Gasteiger partial charge on any atom is 0.231 e. The number of benzene rings is 2. The first-order chi connectivity index (χ1) is 14.3. The fourth-order valence-electron chi connectivity index (χ4n) is 4.59. The van der Waals surface area contributed by atoms with Gasteiger partial charge in [-0.05, 0) is 73.6 Å². The molecule has 1 aliphatic carbocycles. The number of para-hydroxylation sites is 1. The lowest BCUT2D eigenvalue weighted by atomic mass is 9.87. The minimum atomic E-state index is 0.285. The van der Waals surface area contributed by atoms with Crippen LogP contribution < -0.4 is 9.47 Å². The quantitative estimate of drug-likeness (QED) is 0.489. The smallest absolute Gasteiger partial charge is 0.231 e. The first kappa shape index (κ1) is 16.6. The Labute approximate surface area is 168 Å². The first-order valence-electron chi connectivity index (χ1n) is 10.2. The lowest BCUT2D eigenvalue weighted by Gasteiger charge is -2.20. The molecule has 0 spiro atoms. The van der Waals surface area contributed by atoms with Gasteiger partial charge in [0.1, 0.15) is 0 Å². The van der Waals surface area contributed by atoms with Crippen LogP contribution in [0, 0.1) is 6.92 Å². The summed E-state index contributed by atoms with van der Waals surface area (Å²) >= 11 is 0. The van der Waals surface area contributed by atoms with Crippen molar-refractivity contribution >= 4 is 11.0 Å². The van der Waals surface area contributed by atoms with Crippen molar-refractivity contribution in [2.45, 2.75) is 32.6 Å². The van der Waals surface area contributed by atoms with E-state index in [0.717, 1.165) is 52.3 Å². The van der Waals surface area contributed by atoms with E-state index in [1.807, 2.05) is 28.9 Å². The zero-order valence-electron chi connectivity index (χ0n) is 16.3. The monoisotopic (exact) mass is 383 g/mol. The Morgan fingerprint density at radius 3 is 2.66 bits per heavy atom. The fraction of sp³-hybridized carbons (Fsp3) is 0.250. The molecule has 6 rings (SSSR count). The molecule has 0 atom stereocenters. The van der Waals surface area contributed by atoms with Crippen LogP contribution in [0.3, 0.4) is 0 Å². The molecule has 0 amide bonds. The molecular weight excluding hydrogens is 362 g/mol. The number of nitrogens with zero attached hydrogens (tertiary/aromatic N) is 3. The molecule has 0 unspecified atom stereocenters. The lowest BCUT2D eigenvalue weighted by molar-refractivity contribution is 0.174. The van der Waals surface area contributed by atoms with Crippen LogP contribution in [0.5, 0.6) is 11.5 Å². The molecule has 0 radical (unpaired) electrons. The lowest BCUT2D eigenvalue weighted by Crippen LogP contribution is -2.09. The van der Waals surface area contributed by atoms with Crippen LogP contribution in [0.2, 0.25) is 0 Å². The Morgan fingerprint density at radius 1 is 0.931 bits per heavy atom. The van der Waals surface area contributed by atoms with E-state index in [9.17, 15) is 0 Å². The second kappa shape index (κ2) is 6.34. The second-order valence-electron chi connectivity index (χ2n) is 7.72. The number of hydrogen-bond donors (Lipinski definition) is 0. The number of aryl methyl sites for hydroxylation is 2. The topological polar surface area (TPSA) is 49.2 Å². The molecule has 0 N–H and O–H groups in total. The van der Waals surface area contributed by atoms with Gasteiger partial charge in [-0.25, -0.2) is 9.67 Å². The van der Waals surface area contributed by atoms with E-state index in [2.05, 4.69) is 31.2 Å². The predicted molar refractivity (Wildman–Crippen MR) is 112 cm³/mol. The van der Waals surface area contributed by atoms with Crippen LogP contribution in [0.1, 0.15) is 29.8 Å². The third-order valence-electron chi connectivity index (χ3n) is 5.93. The van der Waals surface area contributed by atoms with Crippen LogP contribution in [0.25, 0.3) is 27.8 Å². The molecule has 1 aliphatic heterocycles. The van der Waals surface area contributed by atoms with Crippen LogP contribution in [0.15, 0.2) is 48.5 Å². The van der Waals surface area contributed by atoms with Crippen LogP contribution >= 0.6 is 0 Å². The maximum absolute atomic E-state index is 5.66. The van der Waals surface area contributed by atoms with Gasteiger partial charge in [-0.3, -0.25) is 0 Å². The standard InChI is InChI=1S/C24H21N3O2/c1-15-22-23(16-11-12-20-21(13-16)29-14-28-20)18-9-5-6-10-19(18)25-24(22)27(26-15)17-7-3-2-4-8-17/h2-4,7-8,11-13H,5-6,9-10,14H2,1H3. The van der Waals surface area contributed by atoms with Crippen molar-refractivity contribution in [3.05, 3.63) is 65.5 Å². The molecule has 5 nitrogen and oxygen atoms in total. The minimum absolute atomic E-state index is 0.285. The van der Waals surface area contributed by atoms with Gasteiger partial charge in [-0.1, -0.05) is 24.3 Å². The van der Waals surface area contributed by atoms with E-state index >= 15 is 0 Å². The molecule has 0 saturated carbocycles.